The Morgan fingerprint density at radius 2 is 0.849 bits per heavy atom. The zero-order chi connectivity index (χ0) is 35.2. The third kappa shape index (κ3) is 4.71. The van der Waals surface area contributed by atoms with Gasteiger partial charge in [0.15, 0.2) is 0 Å². The Kier molecular flexibility index (Phi) is 6.85. The van der Waals surface area contributed by atoms with Crippen molar-refractivity contribution in [2.75, 3.05) is 9.80 Å². The second-order valence-corrected chi connectivity index (χ2v) is 16.1. The summed E-state index contributed by atoms with van der Waals surface area (Å²) < 4.78 is 2.42. The van der Waals surface area contributed by atoms with Crippen molar-refractivity contribution in [2.45, 2.75) is 33.4 Å². The lowest BCUT2D eigenvalue weighted by Gasteiger charge is -2.35. The Hall–Kier alpha value is -5.88. The maximum atomic E-state index is 2.50. The second kappa shape index (κ2) is 11.8. The van der Waals surface area contributed by atoms with Crippen LogP contribution in [0.15, 0.2) is 183 Å². The molecule has 0 amide bonds. The van der Waals surface area contributed by atoms with Gasteiger partial charge in [0.2, 0.25) is 0 Å². The van der Waals surface area contributed by atoms with Crippen molar-refractivity contribution in [1.29, 1.82) is 0 Å². The first-order valence-electron chi connectivity index (χ1n) is 18.0. The number of para-hydroxylation sites is 5. The highest BCUT2D eigenvalue weighted by atomic mass is 32.2. The molecular formula is C48H33N3S2. The second-order valence-electron chi connectivity index (χ2n) is 13.9. The largest absolute Gasteiger partial charge is 0.309 e. The SMILES string of the molecule is Cc1cc2cc(N3c4ccccc4Sc4cc5c6ccccc6n(-c6ccccc6)c5cc43)c(C)cc2cc1N1c2ccccc2Sc2ccccc21. The van der Waals surface area contributed by atoms with E-state index in [4.69, 9.17) is 0 Å². The van der Waals surface area contributed by atoms with E-state index in [2.05, 4.69) is 192 Å². The molecule has 0 N–H and O–H groups in total. The van der Waals surface area contributed by atoms with E-state index in [9.17, 15) is 0 Å². The van der Waals surface area contributed by atoms with Crippen LogP contribution in [0.3, 0.4) is 0 Å². The molecule has 0 atom stereocenters. The first-order valence-corrected chi connectivity index (χ1v) is 19.6. The predicted octanol–water partition coefficient (Wildman–Crippen LogP) is 14.4. The number of aromatic nitrogens is 1. The maximum Gasteiger partial charge on any atom is 0.0623 e. The molecular weight excluding hydrogens is 683 g/mol. The molecule has 8 aromatic carbocycles. The van der Waals surface area contributed by atoms with E-state index in [1.165, 1.54) is 103 Å². The molecule has 0 saturated heterocycles. The van der Waals surface area contributed by atoms with Crippen molar-refractivity contribution in [1.82, 2.24) is 4.57 Å². The minimum Gasteiger partial charge on any atom is -0.309 e. The smallest absolute Gasteiger partial charge is 0.0623 e. The first kappa shape index (κ1) is 30.7. The van der Waals surface area contributed by atoms with E-state index in [-0.39, 0.29) is 0 Å². The number of fused-ring (bicyclic) bond motifs is 8. The fourth-order valence-corrected chi connectivity index (χ4v) is 10.5. The highest BCUT2D eigenvalue weighted by molar-refractivity contribution is 8.00. The molecule has 0 spiro atoms. The highest BCUT2D eigenvalue weighted by Gasteiger charge is 2.29. The predicted molar refractivity (Wildman–Crippen MR) is 225 cm³/mol. The molecule has 0 radical (unpaired) electrons. The van der Waals surface area contributed by atoms with Crippen LogP contribution in [-0.4, -0.2) is 4.57 Å². The molecule has 0 unspecified atom stereocenters. The third-order valence-electron chi connectivity index (χ3n) is 10.7. The lowest BCUT2D eigenvalue weighted by atomic mass is 9.99. The molecule has 2 aliphatic heterocycles. The first-order chi connectivity index (χ1) is 26.1. The molecule has 0 bridgehead atoms. The molecule has 3 heterocycles. The van der Waals surface area contributed by atoms with Gasteiger partial charge in [-0.2, -0.15) is 0 Å². The number of benzene rings is 8. The standard InChI is InChI=1S/C48H33N3S2/c1-30-24-33-27-42(31(2)25-32(33)26-41(30)50-38-18-8-11-21-45(38)52-46-22-12-9-19-39(46)50)51-40-20-10-13-23-47(40)53-48-28-36-35-16-6-7-17-37(35)49(43(36)29-44(48)51)34-14-4-3-5-15-34/h3-29H,1-2H3. The average Bonchev–Trinajstić information content (AvgIpc) is 3.51. The van der Waals surface area contributed by atoms with Crippen LogP contribution in [0.2, 0.25) is 0 Å². The fraction of sp³-hybridized carbons (Fsp3) is 0.0417. The van der Waals surface area contributed by atoms with Gasteiger partial charge in [-0.3, -0.25) is 0 Å². The summed E-state index contributed by atoms with van der Waals surface area (Å²) in [6.45, 7) is 4.52. The number of hydrogen-bond donors (Lipinski definition) is 0. The number of aryl methyl sites for hydroxylation is 2. The van der Waals surface area contributed by atoms with E-state index < -0.39 is 0 Å². The molecule has 2 aliphatic rings. The van der Waals surface area contributed by atoms with Crippen molar-refractivity contribution in [3.8, 4) is 5.69 Å². The van der Waals surface area contributed by atoms with Crippen molar-refractivity contribution in [3.63, 3.8) is 0 Å². The van der Waals surface area contributed by atoms with Gasteiger partial charge >= 0.3 is 0 Å². The van der Waals surface area contributed by atoms with Crippen molar-refractivity contribution in [3.05, 3.63) is 175 Å². The number of hydrogen-bond acceptors (Lipinski definition) is 4. The number of anilines is 6. The molecule has 11 rings (SSSR count). The van der Waals surface area contributed by atoms with Gasteiger partial charge in [0, 0.05) is 47.4 Å². The Balaban J connectivity index is 1.12. The van der Waals surface area contributed by atoms with Gasteiger partial charge in [-0.05, 0) is 127 Å². The molecule has 5 heteroatoms. The quantitative estimate of drug-likeness (QED) is 0.180. The van der Waals surface area contributed by atoms with Gasteiger partial charge < -0.3 is 14.4 Å². The lowest BCUT2D eigenvalue weighted by Crippen LogP contribution is -2.16. The van der Waals surface area contributed by atoms with Gasteiger partial charge in [-0.15, -0.1) is 0 Å². The normalized spacial score (nSPS) is 13.2. The molecule has 3 nitrogen and oxygen atoms in total. The maximum absolute atomic E-state index is 2.50. The average molecular weight is 716 g/mol. The van der Waals surface area contributed by atoms with Gasteiger partial charge in [-0.1, -0.05) is 96.3 Å². The van der Waals surface area contributed by atoms with Gasteiger partial charge in [0.05, 0.1) is 33.8 Å². The summed E-state index contributed by atoms with van der Waals surface area (Å²) in [6, 6.07) is 60.3. The van der Waals surface area contributed by atoms with Crippen LogP contribution < -0.4 is 9.80 Å². The van der Waals surface area contributed by atoms with Gasteiger partial charge in [0.25, 0.3) is 0 Å². The van der Waals surface area contributed by atoms with Crippen LogP contribution in [0.25, 0.3) is 38.3 Å². The molecule has 1 aromatic heterocycles. The van der Waals surface area contributed by atoms with Crippen LogP contribution in [0.4, 0.5) is 34.1 Å². The molecule has 0 aliphatic carbocycles. The van der Waals surface area contributed by atoms with E-state index >= 15 is 0 Å². The molecule has 252 valence electrons. The Morgan fingerprint density at radius 3 is 1.45 bits per heavy atom. The van der Waals surface area contributed by atoms with Crippen molar-refractivity contribution >= 4 is 90.2 Å². The van der Waals surface area contributed by atoms with Crippen molar-refractivity contribution in [2.24, 2.45) is 0 Å². The molecule has 0 fully saturated rings. The highest BCUT2D eigenvalue weighted by Crippen LogP contribution is 2.55. The van der Waals surface area contributed by atoms with Crippen LogP contribution in [-0.2, 0) is 0 Å². The topological polar surface area (TPSA) is 11.4 Å². The summed E-state index contributed by atoms with van der Waals surface area (Å²) in [7, 11) is 0. The van der Waals surface area contributed by atoms with Gasteiger partial charge in [-0.25, -0.2) is 0 Å². The monoisotopic (exact) mass is 715 g/mol. The fourth-order valence-electron chi connectivity index (χ4n) is 8.33. The van der Waals surface area contributed by atoms with Crippen LogP contribution in [0.1, 0.15) is 11.1 Å². The van der Waals surface area contributed by atoms with Crippen molar-refractivity contribution < 1.29 is 0 Å². The summed E-state index contributed by atoms with van der Waals surface area (Å²) >= 11 is 3.72. The minimum absolute atomic E-state index is 1.17. The summed E-state index contributed by atoms with van der Waals surface area (Å²) in [4.78, 5) is 10.0. The Morgan fingerprint density at radius 1 is 0.358 bits per heavy atom. The number of rotatable bonds is 3. The van der Waals surface area contributed by atoms with Crippen LogP contribution in [0.5, 0.6) is 0 Å². The minimum atomic E-state index is 1.17. The molecule has 53 heavy (non-hydrogen) atoms. The van der Waals surface area contributed by atoms with E-state index in [1.807, 2.05) is 23.5 Å². The van der Waals surface area contributed by atoms with Crippen LogP contribution in [0, 0.1) is 13.8 Å². The lowest BCUT2D eigenvalue weighted by molar-refractivity contribution is 1.14. The van der Waals surface area contributed by atoms with E-state index in [0.717, 1.165) is 0 Å². The van der Waals surface area contributed by atoms with E-state index in [1.54, 1.807) is 0 Å². The van der Waals surface area contributed by atoms with Gasteiger partial charge in [0.1, 0.15) is 0 Å². The zero-order valence-electron chi connectivity index (χ0n) is 29.2. The summed E-state index contributed by atoms with van der Waals surface area (Å²) in [6.07, 6.45) is 0. The van der Waals surface area contributed by atoms with Crippen LogP contribution >= 0.6 is 23.5 Å². The summed E-state index contributed by atoms with van der Waals surface area (Å²) in [5.74, 6) is 0. The zero-order valence-corrected chi connectivity index (χ0v) is 30.9. The Labute approximate surface area is 317 Å². The van der Waals surface area contributed by atoms with E-state index in [0.29, 0.717) is 0 Å². The number of nitrogens with zero attached hydrogens (tertiary/aromatic N) is 3. The summed E-state index contributed by atoms with van der Waals surface area (Å²) in [5.41, 5.74) is 13.4. The molecule has 9 aromatic rings. The molecule has 0 saturated carbocycles. The summed E-state index contributed by atoms with van der Waals surface area (Å²) in [5, 5.41) is 5.01. The Bertz CT molecular complexity index is 2900. The third-order valence-corrected chi connectivity index (χ3v) is 13.0.